The zero-order valence-corrected chi connectivity index (χ0v) is 11.8. The molecular weight excluding hydrogens is 266 g/mol. The van der Waals surface area contributed by atoms with Crippen molar-refractivity contribution in [1.29, 1.82) is 0 Å². The van der Waals surface area contributed by atoms with Crippen LogP contribution in [0.3, 0.4) is 0 Å². The molecule has 0 fully saturated rings. The van der Waals surface area contributed by atoms with E-state index in [2.05, 4.69) is 32.5 Å². The highest BCUT2D eigenvalue weighted by atomic mass is 16.1. The lowest BCUT2D eigenvalue weighted by atomic mass is 10.3. The second-order valence-electron chi connectivity index (χ2n) is 4.32. The summed E-state index contributed by atoms with van der Waals surface area (Å²) >= 11 is 0. The Morgan fingerprint density at radius 2 is 2.14 bits per heavy atom. The molecular formula is C15H17N5O. The summed E-state index contributed by atoms with van der Waals surface area (Å²) in [5, 5.41) is 8.91. The van der Waals surface area contributed by atoms with Gasteiger partial charge in [0.25, 0.3) is 0 Å². The van der Waals surface area contributed by atoms with Gasteiger partial charge in [-0.2, -0.15) is 4.98 Å². The molecule has 1 aromatic carbocycles. The number of carbonyl (C=O) groups is 1. The van der Waals surface area contributed by atoms with E-state index in [9.17, 15) is 4.79 Å². The van der Waals surface area contributed by atoms with Gasteiger partial charge in [0.2, 0.25) is 11.9 Å². The lowest BCUT2D eigenvalue weighted by molar-refractivity contribution is -0.114. The highest BCUT2D eigenvalue weighted by Crippen LogP contribution is 2.18. The lowest BCUT2D eigenvalue weighted by Gasteiger charge is -2.09. The molecule has 0 aliphatic heterocycles. The van der Waals surface area contributed by atoms with Gasteiger partial charge in [-0.15, -0.1) is 6.58 Å². The number of amides is 1. The molecule has 0 atom stereocenters. The van der Waals surface area contributed by atoms with Crippen molar-refractivity contribution in [3.8, 4) is 0 Å². The van der Waals surface area contributed by atoms with Crippen LogP contribution in [0.1, 0.15) is 6.92 Å². The summed E-state index contributed by atoms with van der Waals surface area (Å²) in [6.45, 7) is 5.75. The third kappa shape index (κ3) is 4.61. The van der Waals surface area contributed by atoms with Crippen LogP contribution in [0.5, 0.6) is 0 Å². The van der Waals surface area contributed by atoms with Gasteiger partial charge in [-0.1, -0.05) is 12.1 Å². The smallest absolute Gasteiger partial charge is 0.229 e. The van der Waals surface area contributed by atoms with Gasteiger partial charge in [-0.05, 0) is 24.3 Å². The van der Waals surface area contributed by atoms with Gasteiger partial charge in [0, 0.05) is 31.0 Å². The molecule has 0 spiro atoms. The zero-order chi connectivity index (χ0) is 15.1. The fraction of sp³-hybridized carbons (Fsp3) is 0.133. The van der Waals surface area contributed by atoms with Crippen LogP contribution < -0.4 is 16.0 Å². The second-order valence-corrected chi connectivity index (χ2v) is 4.32. The molecule has 0 saturated carbocycles. The molecule has 1 amide bonds. The van der Waals surface area contributed by atoms with Crippen molar-refractivity contribution in [1.82, 2.24) is 9.97 Å². The Labute approximate surface area is 123 Å². The fourth-order valence-corrected chi connectivity index (χ4v) is 1.70. The Morgan fingerprint density at radius 3 is 2.90 bits per heavy atom. The minimum Gasteiger partial charge on any atom is -0.366 e. The van der Waals surface area contributed by atoms with Crippen LogP contribution in [0.4, 0.5) is 23.1 Å². The summed E-state index contributed by atoms with van der Waals surface area (Å²) < 4.78 is 0. The maximum absolute atomic E-state index is 11.1. The first-order valence-electron chi connectivity index (χ1n) is 6.50. The number of nitrogens with one attached hydrogen (secondary N) is 3. The molecule has 0 aliphatic rings. The van der Waals surface area contributed by atoms with Gasteiger partial charge in [0.1, 0.15) is 5.82 Å². The largest absolute Gasteiger partial charge is 0.366 e. The zero-order valence-electron chi connectivity index (χ0n) is 11.8. The van der Waals surface area contributed by atoms with Crippen molar-refractivity contribution in [3.63, 3.8) is 0 Å². The third-order valence-electron chi connectivity index (χ3n) is 2.52. The predicted octanol–water partition coefficient (Wildman–Crippen LogP) is 2.78. The van der Waals surface area contributed by atoms with Crippen LogP contribution in [0, 0.1) is 0 Å². The number of hydrogen-bond donors (Lipinski definition) is 3. The Kier molecular flexibility index (Phi) is 4.87. The molecule has 3 N–H and O–H groups in total. The molecule has 0 bridgehead atoms. The van der Waals surface area contributed by atoms with Crippen molar-refractivity contribution in [2.24, 2.45) is 0 Å². The highest BCUT2D eigenvalue weighted by Gasteiger charge is 2.01. The van der Waals surface area contributed by atoms with E-state index in [1.807, 2.05) is 24.3 Å². The number of hydrogen-bond acceptors (Lipinski definition) is 5. The third-order valence-corrected chi connectivity index (χ3v) is 2.52. The lowest BCUT2D eigenvalue weighted by Crippen LogP contribution is -2.06. The average Bonchev–Trinajstić information content (AvgIpc) is 2.45. The average molecular weight is 283 g/mol. The highest BCUT2D eigenvalue weighted by molar-refractivity contribution is 5.89. The maximum Gasteiger partial charge on any atom is 0.229 e. The fourth-order valence-electron chi connectivity index (χ4n) is 1.70. The van der Waals surface area contributed by atoms with Crippen LogP contribution in [-0.2, 0) is 4.79 Å². The topological polar surface area (TPSA) is 78.9 Å². The number of aromatic nitrogens is 2. The molecule has 108 valence electrons. The summed E-state index contributed by atoms with van der Waals surface area (Å²) in [6.07, 6.45) is 3.42. The van der Waals surface area contributed by atoms with E-state index < -0.39 is 0 Å². The van der Waals surface area contributed by atoms with E-state index in [1.54, 1.807) is 18.3 Å². The van der Waals surface area contributed by atoms with E-state index in [0.29, 0.717) is 24.0 Å². The van der Waals surface area contributed by atoms with Crippen LogP contribution >= 0.6 is 0 Å². The molecule has 21 heavy (non-hydrogen) atoms. The number of benzene rings is 1. The monoisotopic (exact) mass is 283 g/mol. The van der Waals surface area contributed by atoms with Crippen LogP contribution in [0.15, 0.2) is 49.2 Å². The van der Waals surface area contributed by atoms with Crippen LogP contribution in [0.2, 0.25) is 0 Å². The summed E-state index contributed by atoms with van der Waals surface area (Å²) in [7, 11) is 0. The SMILES string of the molecule is C=CCNc1ccnc(Nc2cccc(NC(C)=O)c2)n1. The van der Waals surface area contributed by atoms with Gasteiger partial charge in [0.05, 0.1) is 0 Å². The van der Waals surface area contributed by atoms with Crippen molar-refractivity contribution in [2.75, 3.05) is 22.5 Å². The Bertz CT molecular complexity index is 641. The molecule has 1 aromatic heterocycles. The first-order chi connectivity index (χ1) is 10.2. The summed E-state index contributed by atoms with van der Waals surface area (Å²) in [5.41, 5.74) is 1.51. The Hall–Kier alpha value is -2.89. The second kappa shape index (κ2) is 7.04. The Balaban J connectivity index is 2.10. The number of nitrogens with zero attached hydrogens (tertiary/aromatic N) is 2. The van der Waals surface area contributed by atoms with Gasteiger partial charge in [-0.25, -0.2) is 4.98 Å². The van der Waals surface area contributed by atoms with Gasteiger partial charge in [0.15, 0.2) is 0 Å². The molecule has 0 unspecified atom stereocenters. The van der Waals surface area contributed by atoms with E-state index >= 15 is 0 Å². The first-order valence-corrected chi connectivity index (χ1v) is 6.50. The quantitative estimate of drug-likeness (QED) is 0.710. The van der Waals surface area contributed by atoms with E-state index in [1.165, 1.54) is 6.92 Å². The molecule has 0 saturated heterocycles. The molecule has 0 aliphatic carbocycles. The molecule has 1 heterocycles. The predicted molar refractivity (Wildman–Crippen MR) is 84.7 cm³/mol. The van der Waals surface area contributed by atoms with E-state index in [-0.39, 0.29) is 5.91 Å². The van der Waals surface area contributed by atoms with Crippen LogP contribution in [0.25, 0.3) is 0 Å². The van der Waals surface area contributed by atoms with Gasteiger partial charge >= 0.3 is 0 Å². The number of anilines is 4. The Morgan fingerprint density at radius 1 is 1.33 bits per heavy atom. The van der Waals surface area contributed by atoms with Crippen molar-refractivity contribution in [2.45, 2.75) is 6.92 Å². The summed E-state index contributed by atoms with van der Waals surface area (Å²) in [4.78, 5) is 19.5. The number of carbonyl (C=O) groups excluding carboxylic acids is 1. The maximum atomic E-state index is 11.1. The van der Waals surface area contributed by atoms with Crippen LogP contribution in [-0.4, -0.2) is 22.4 Å². The number of rotatable bonds is 6. The minimum absolute atomic E-state index is 0.112. The molecule has 6 heteroatoms. The van der Waals surface area contributed by atoms with Crippen molar-refractivity contribution >= 4 is 29.0 Å². The van der Waals surface area contributed by atoms with Gasteiger partial charge in [-0.3, -0.25) is 4.79 Å². The van der Waals surface area contributed by atoms with Crippen molar-refractivity contribution in [3.05, 3.63) is 49.2 Å². The molecule has 2 aromatic rings. The summed E-state index contributed by atoms with van der Waals surface area (Å²) in [5.74, 6) is 1.08. The van der Waals surface area contributed by atoms with E-state index in [0.717, 1.165) is 5.69 Å². The van der Waals surface area contributed by atoms with Crippen molar-refractivity contribution < 1.29 is 4.79 Å². The van der Waals surface area contributed by atoms with E-state index in [4.69, 9.17) is 0 Å². The normalized spacial score (nSPS) is 9.76. The standard InChI is InChI=1S/C15H17N5O/c1-3-8-16-14-7-9-17-15(20-14)19-13-6-4-5-12(10-13)18-11(2)21/h3-7,9-10H,1,8H2,2H3,(H,18,21)(H2,16,17,19,20). The minimum atomic E-state index is -0.112. The molecule has 0 radical (unpaired) electrons. The van der Waals surface area contributed by atoms with Gasteiger partial charge < -0.3 is 16.0 Å². The molecule has 6 nitrogen and oxygen atoms in total. The summed E-state index contributed by atoms with van der Waals surface area (Å²) in [6, 6.07) is 9.12. The first kappa shape index (κ1) is 14.5. The molecule has 2 rings (SSSR count).